The first kappa shape index (κ1) is 15.2. The van der Waals surface area contributed by atoms with Gasteiger partial charge < -0.3 is 14.8 Å². The molecule has 0 saturated carbocycles. The first-order chi connectivity index (χ1) is 9.74. The van der Waals surface area contributed by atoms with Gasteiger partial charge in [0.15, 0.2) is 11.5 Å². The standard InChI is InChI=1S/C16H22ClNO2/c1-19-15-10-13(9-14(17)16(15)20-2)11-18-8-7-12-5-3-4-6-12/h5,9-10,18H,3-4,6-8,11H2,1-2H3. The van der Waals surface area contributed by atoms with Gasteiger partial charge in [-0.3, -0.25) is 0 Å². The Hall–Kier alpha value is -1.19. The third-order valence-corrected chi connectivity index (χ3v) is 3.86. The topological polar surface area (TPSA) is 30.5 Å². The Morgan fingerprint density at radius 3 is 2.75 bits per heavy atom. The minimum absolute atomic E-state index is 0.585. The molecule has 20 heavy (non-hydrogen) atoms. The molecule has 2 rings (SSSR count). The van der Waals surface area contributed by atoms with E-state index in [-0.39, 0.29) is 0 Å². The van der Waals surface area contributed by atoms with Crippen molar-refractivity contribution in [1.82, 2.24) is 5.32 Å². The van der Waals surface area contributed by atoms with Crippen molar-refractivity contribution in [3.8, 4) is 11.5 Å². The highest BCUT2D eigenvalue weighted by Crippen LogP contribution is 2.35. The van der Waals surface area contributed by atoms with Crippen LogP contribution in [-0.4, -0.2) is 20.8 Å². The molecule has 0 bridgehead atoms. The maximum atomic E-state index is 6.19. The molecule has 1 aliphatic carbocycles. The van der Waals surface area contributed by atoms with Crippen LogP contribution in [0.3, 0.4) is 0 Å². The van der Waals surface area contributed by atoms with Crippen molar-refractivity contribution >= 4 is 11.6 Å². The third-order valence-electron chi connectivity index (χ3n) is 3.58. The van der Waals surface area contributed by atoms with E-state index >= 15 is 0 Å². The van der Waals surface area contributed by atoms with Crippen LogP contribution in [0.15, 0.2) is 23.8 Å². The lowest BCUT2D eigenvalue weighted by molar-refractivity contribution is 0.354. The maximum absolute atomic E-state index is 6.19. The fourth-order valence-corrected chi connectivity index (χ4v) is 2.83. The molecule has 0 aliphatic heterocycles. The van der Waals surface area contributed by atoms with Gasteiger partial charge in [-0.15, -0.1) is 0 Å². The van der Waals surface area contributed by atoms with Gasteiger partial charge in [0.05, 0.1) is 19.2 Å². The van der Waals surface area contributed by atoms with E-state index in [9.17, 15) is 0 Å². The second-order valence-electron chi connectivity index (χ2n) is 4.99. The van der Waals surface area contributed by atoms with Gasteiger partial charge in [-0.2, -0.15) is 0 Å². The highest BCUT2D eigenvalue weighted by molar-refractivity contribution is 6.32. The first-order valence-corrected chi connectivity index (χ1v) is 7.41. The number of hydrogen-bond donors (Lipinski definition) is 1. The van der Waals surface area contributed by atoms with Crippen molar-refractivity contribution in [1.29, 1.82) is 0 Å². The van der Waals surface area contributed by atoms with E-state index in [4.69, 9.17) is 21.1 Å². The van der Waals surface area contributed by atoms with Crippen LogP contribution in [0.1, 0.15) is 31.2 Å². The monoisotopic (exact) mass is 295 g/mol. The van der Waals surface area contributed by atoms with Crippen LogP contribution in [-0.2, 0) is 6.54 Å². The Balaban J connectivity index is 1.87. The number of methoxy groups -OCH3 is 2. The molecule has 0 fully saturated rings. The molecule has 3 nitrogen and oxygen atoms in total. The molecule has 1 aliphatic rings. The zero-order valence-electron chi connectivity index (χ0n) is 12.2. The molecule has 1 aromatic carbocycles. The lowest BCUT2D eigenvalue weighted by Crippen LogP contribution is -2.15. The fourth-order valence-electron chi connectivity index (χ4n) is 2.52. The predicted octanol–water partition coefficient (Wildman–Crippen LogP) is 3.95. The summed E-state index contributed by atoms with van der Waals surface area (Å²) in [7, 11) is 3.22. The molecule has 0 heterocycles. The molecule has 0 amide bonds. The highest BCUT2D eigenvalue weighted by Gasteiger charge is 2.10. The van der Waals surface area contributed by atoms with Gasteiger partial charge in [0.25, 0.3) is 0 Å². The van der Waals surface area contributed by atoms with Gasteiger partial charge in [0.2, 0.25) is 0 Å². The maximum Gasteiger partial charge on any atom is 0.179 e. The van der Waals surface area contributed by atoms with Crippen molar-refractivity contribution in [2.24, 2.45) is 0 Å². The van der Waals surface area contributed by atoms with Crippen molar-refractivity contribution in [3.05, 3.63) is 34.4 Å². The minimum Gasteiger partial charge on any atom is -0.493 e. The second-order valence-corrected chi connectivity index (χ2v) is 5.40. The number of allylic oxidation sites excluding steroid dienone is 1. The smallest absolute Gasteiger partial charge is 0.179 e. The summed E-state index contributed by atoms with van der Waals surface area (Å²) >= 11 is 6.19. The van der Waals surface area contributed by atoms with E-state index < -0.39 is 0 Å². The number of benzene rings is 1. The van der Waals surface area contributed by atoms with Crippen LogP contribution < -0.4 is 14.8 Å². The Bertz CT molecular complexity index is 486. The number of hydrogen-bond acceptors (Lipinski definition) is 3. The molecule has 0 unspecified atom stereocenters. The SMILES string of the molecule is COc1cc(CNCCC2=CCCC2)cc(Cl)c1OC. The Labute approximate surface area is 125 Å². The number of rotatable bonds is 7. The van der Waals surface area contributed by atoms with Crippen molar-refractivity contribution in [2.45, 2.75) is 32.2 Å². The average Bonchev–Trinajstić information content (AvgIpc) is 2.96. The van der Waals surface area contributed by atoms with Crippen molar-refractivity contribution in [3.63, 3.8) is 0 Å². The van der Waals surface area contributed by atoms with E-state index in [1.807, 2.05) is 12.1 Å². The van der Waals surface area contributed by atoms with E-state index in [1.165, 1.54) is 19.3 Å². The zero-order valence-corrected chi connectivity index (χ0v) is 12.9. The van der Waals surface area contributed by atoms with Crippen LogP contribution in [0, 0.1) is 0 Å². The number of halogens is 1. The first-order valence-electron chi connectivity index (χ1n) is 7.03. The van der Waals surface area contributed by atoms with Gasteiger partial charge in [-0.05, 0) is 49.9 Å². The van der Waals surface area contributed by atoms with Crippen LogP contribution in [0.25, 0.3) is 0 Å². The minimum atomic E-state index is 0.585. The van der Waals surface area contributed by atoms with Gasteiger partial charge in [-0.25, -0.2) is 0 Å². The molecule has 0 atom stereocenters. The van der Waals surface area contributed by atoms with Crippen molar-refractivity contribution < 1.29 is 9.47 Å². The Morgan fingerprint density at radius 1 is 1.25 bits per heavy atom. The van der Waals surface area contributed by atoms with Crippen LogP contribution in [0.4, 0.5) is 0 Å². The fraction of sp³-hybridized carbons (Fsp3) is 0.500. The summed E-state index contributed by atoms with van der Waals surface area (Å²) in [4.78, 5) is 0. The van der Waals surface area contributed by atoms with E-state index in [0.29, 0.717) is 16.5 Å². The largest absolute Gasteiger partial charge is 0.493 e. The zero-order chi connectivity index (χ0) is 14.4. The third kappa shape index (κ3) is 3.90. The van der Waals surface area contributed by atoms with E-state index in [0.717, 1.165) is 25.1 Å². The molecule has 0 radical (unpaired) electrons. The van der Waals surface area contributed by atoms with E-state index in [2.05, 4.69) is 11.4 Å². The molecular formula is C16H22ClNO2. The summed E-state index contributed by atoms with van der Waals surface area (Å²) < 4.78 is 10.5. The summed E-state index contributed by atoms with van der Waals surface area (Å²) in [5.74, 6) is 1.27. The molecule has 110 valence electrons. The molecule has 1 N–H and O–H groups in total. The summed E-state index contributed by atoms with van der Waals surface area (Å²) in [6.45, 7) is 1.78. The molecule has 0 spiro atoms. The van der Waals surface area contributed by atoms with Crippen molar-refractivity contribution in [2.75, 3.05) is 20.8 Å². The van der Waals surface area contributed by atoms with Gasteiger partial charge in [0.1, 0.15) is 0 Å². The predicted molar refractivity (Wildman–Crippen MR) is 82.8 cm³/mol. The lowest BCUT2D eigenvalue weighted by atomic mass is 10.1. The molecular weight excluding hydrogens is 274 g/mol. The Kier molecular flexibility index (Phi) is 5.74. The van der Waals surface area contributed by atoms with Crippen LogP contribution in [0.5, 0.6) is 11.5 Å². The number of nitrogens with one attached hydrogen (secondary N) is 1. The Morgan fingerprint density at radius 2 is 2.10 bits per heavy atom. The van der Waals surface area contributed by atoms with Gasteiger partial charge >= 0.3 is 0 Å². The van der Waals surface area contributed by atoms with Gasteiger partial charge in [-0.1, -0.05) is 23.3 Å². The average molecular weight is 296 g/mol. The molecule has 0 aromatic heterocycles. The summed E-state index contributed by atoms with van der Waals surface area (Å²) in [6, 6.07) is 3.89. The summed E-state index contributed by atoms with van der Waals surface area (Å²) in [5, 5.41) is 4.03. The normalized spacial score (nSPS) is 14.2. The number of ether oxygens (including phenoxy) is 2. The molecule has 4 heteroatoms. The summed E-state index contributed by atoms with van der Waals surface area (Å²) in [6.07, 6.45) is 7.35. The molecule has 1 aromatic rings. The second kappa shape index (κ2) is 7.55. The van der Waals surface area contributed by atoms with Crippen LogP contribution >= 0.6 is 11.6 Å². The summed E-state index contributed by atoms with van der Waals surface area (Å²) in [5.41, 5.74) is 2.69. The molecule has 0 saturated heterocycles. The van der Waals surface area contributed by atoms with Gasteiger partial charge in [0, 0.05) is 6.54 Å². The van der Waals surface area contributed by atoms with E-state index in [1.54, 1.807) is 19.8 Å². The highest BCUT2D eigenvalue weighted by atomic mass is 35.5. The quantitative estimate of drug-likeness (QED) is 0.610. The van der Waals surface area contributed by atoms with Crippen LogP contribution in [0.2, 0.25) is 5.02 Å². The lowest BCUT2D eigenvalue weighted by Gasteiger charge is -2.12.